The maximum absolute atomic E-state index is 4.77. The zero-order chi connectivity index (χ0) is 14.8. The number of hydrogen-bond acceptors (Lipinski definition) is 3. The summed E-state index contributed by atoms with van der Waals surface area (Å²) in [4.78, 5) is 8.11. The van der Waals surface area contributed by atoms with E-state index in [9.17, 15) is 0 Å². The van der Waals surface area contributed by atoms with E-state index in [4.69, 9.17) is 4.98 Å². The Hall–Kier alpha value is -2.14. The lowest BCUT2D eigenvalue weighted by Crippen LogP contribution is -1.90. The Kier molecular flexibility index (Phi) is 6.15. The van der Waals surface area contributed by atoms with Gasteiger partial charge in [-0.05, 0) is 18.1 Å². The van der Waals surface area contributed by atoms with Gasteiger partial charge < -0.3 is 11.1 Å². The fourth-order valence-corrected chi connectivity index (χ4v) is 3.55. The van der Waals surface area contributed by atoms with Crippen molar-refractivity contribution in [2.45, 2.75) is 12.8 Å². The first kappa shape index (κ1) is 18.2. The predicted octanol–water partition coefficient (Wildman–Crippen LogP) is 5.66. The summed E-state index contributed by atoms with van der Waals surface area (Å²) in [6, 6.07) is 18.8. The summed E-state index contributed by atoms with van der Waals surface area (Å²) in [5.74, 6) is 0. The number of benzene rings is 2. The number of rotatable bonds is 4. The summed E-state index contributed by atoms with van der Waals surface area (Å²) in [5.41, 5.74) is 4.85. The Morgan fingerprint density at radius 2 is 1.67 bits per heavy atom. The van der Waals surface area contributed by atoms with Crippen molar-refractivity contribution in [3.63, 3.8) is 0 Å². The number of fused-ring (bicyclic) bond motifs is 1. The summed E-state index contributed by atoms with van der Waals surface area (Å²) in [5, 5.41) is 4.67. The summed E-state index contributed by atoms with van der Waals surface area (Å²) < 4.78 is 0. The Labute approximate surface area is 151 Å². The van der Waals surface area contributed by atoms with Crippen LogP contribution in [0.25, 0.3) is 22.2 Å². The molecule has 2 heterocycles. The molecule has 0 radical (unpaired) electrons. The van der Waals surface area contributed by atoms with Crippen LogP contribution in [0.5, 0.6) is 0 Å². The van der Waals surface area contributed by atoms with E-state index in [2.05, 4.69) is 65.1 Å². The Morgan fingerprint density at radius 3 is 2.50 bits per heavy atom. The molecular formula is C19H20ClN3S. The van der Waals surface area contributed by atoms with Crippen molar-refractivity contribution in [2.75, 3.05) is 0 Å². The van der Waals surface area contributed by atoms with Crippen LogP contribution in [0.15, 0.2) is 66.2 Å². The number of aromatic nitrogens is 2. The monoisotopic (exact) mass is 357 g/mol. The molecule has 0 fully saturated rings. The van der Waals surface area contributed by atoms with E-state index in [1.165, 1.54) is 27.0 Å². The molecule has 0 spiro atoms. The number of halogens is 1. The molecule has 0 aliphatic heterocycles. The van der Waals surface area contributed by atoms with Crippen LogP contribution in [0.2, 0.25) is 0 Å². The van der Waals surface area contributed by atoms with E-state index < -0.39 is 0 Å². The average Bonchev–Trinajstić information content (AvgIpc) is 3.21. The first-order valence-corrected chi connectivity index (χ1v) is 8.33. The fourth-order valence-electron chi connectivity index (χ4n) is 2.75. The van der Waals surface area contributed by atoms with Crippen LogP contribution in [-0.2, 0) is 12.8 Å². The number of hydrogen-bond donors (Lipinski definition) is 2. The Bertz CT molecular complexity index is 899. The highest BCUT2D eigenvalue weighted by Crippen LogP contribution is 2.24. The number of thiazole rings is 1. The molecule has 0 aliphatic rings. The van der Waals surface area contributed by atoms with Gasteiger partial charge in [0.05, 0.1) is 10.7 Å². The summed E-state index contributed by atoms with van der Waals surface area (Å²) in [6.07, 6.45) is 4.13. The molecule has 124 valence electrons. The first-order chi connectivity index (χ1) is 10.9. The molecule has 5 heteroatoms. The number of nitrogens with one attached hydrogen (secondary N) is 1. The molecule has 2 aromatic heterocycles. The number of H-pyrrole nitrogens is 1. The molecule has 4 N–H and O–H groups in total. The molecule has 2 aromatic carbocycles. The van der Waals surface area contributed by atoms with Crippen molar-refractivity contribution in [1.82, 2.24) is 16.1 Å². The second-order valence-corrected chi connectivity index (χ2v) is 6.29. The predicted molar refractivity (Wildman–Crippen MR) is 106 cm³/mol. The van der Waals surface area contributed by atoms with Crippen molar-refractivity contribution in [3.8, 4) is 11.3 Å². The van der Waals surface area contributed by atoms with Gasteiger partial charge in [-0.2, -0.15) is 0 Å². The molecule has 0 atom stereocenters. The largest absolute Gasteiger partial charge is 0.361 e. The molecule has 0 saturated heterocycles. The van der Waals surface area contributed by atoms with Crippen LogP contribution >= 0.6 is 23.7 Å². The van der Waals surface area contributed by atoms with Crippen molar-refractivity contribution in [1.29, 1.82) is 0 Å². The highest BCUT2D eigenvalue weighted by molar-refractivity contribution is 7.09. The Balaban J connectivity index is 0.00000104. The van der Waals surface area contributed by atoms with Gasteiger partial charge in [-0.1, -0.05) is 48.5 Å². The molecule has 0 unspecified atom stereocenters. The molecule has 3 nitrogen and oxygen atoms in total. The summed E-state index contributed by atoms with van der Waals surface area (Å²) >= 11 is 1.75. The number of nitrogens with zero attached hydrogens (tertiary/aromatic N) is 1. The third kappa shape index (κ3) is 3.67. The standard InChI is InChI=1S/C19H16N2S.ClH.H3N/c1-2-6-14(7-3-1)18-13-22-19(21-18)11-10-15-12-20-17-9-5-4-8-16(15)17;;/h1-9,12-13,20H,10-11H2;1H;1H3. The van der Waals surface area contributed by atoms with Gasteiger partial charge in [0.25, 0.3) is 0 Å². The van der Waals surface area contributed by atoms with E-state index >= 15 is 0 Å². The second kappa shape index (κ2) is 8.11. The average molecular weight is 358 g/mol. The first-order valence-electron chi connectivity index (χ1n) is 7.45. The van der Waals surface area contributed by atoms with E-state index in [0.29, 0.717) is 0 Å². The molecule has 4 aromatic rings. The van der Waals surface area contributed by atoms with Gasteiger partial charge in [-0.3, -0.25) is 0 Å². The van der Waals surface area contributed by atoms with E-state index in [-0.39, 0.29) is 18.6 Å². The third-order valence-electron chi connectivity index (χ3n) is 3.90. The quantitative estimate of drug-likeness (QED) is 0.495. The van der Waals surface area contributed by atoms with Crippen molar-refractivity contribution in [2.24, 2.45) is 0 Å². The van der Waals surface area contributed by atoms with E-state index in [0.717, 1.165) is 18.5 Å². The smallest absolute Gasteiger partial charge is 0.0935 e. The van der Waals surface area contributed by atoms with Crippen molar-refractivity contribution in [3.05, 3.63) is 76.7 Å². The normalized spacial score (nSPS) is 10.2. The fraction of sp³-hybridized carbons (Fsp3) is 0.105. The lowest BCUT2D eigenvalue weighted by Gasteiger charge is -1.98. The van der Waals surface area contributed by atoms with Gasteiger partial charge in [0.15, 0.2) is 0 Å². The van der Waals surface area contributed by atoms with Crippen LogP contribution in [-0.4, -0.2) is 9.97 Å². The van der Waals surface area contributed by atoms with Crippen LogP contribution < -0.4 is 6.15 Å². The molecular weight excluding hydrogens is 338 g/mol. The van der Waals surface area contributed by atoms with Gasteiger partial charge in [0, 0.05) is 34.5 Å². The maximum Gasteiger partial charge on any atom is 0.0935 e. The minimum absolute atomic E-state index is 0. The molecule has 0 aliphatic carbocycles. The molecule has 0 bridgehead atoms. The molecule has 24 heavy (non-hydrogen) atoms. The van der Waals surface area contributed by atoms with Gasteiger partial charge >= 0.3 is 0 Å². The third-order valence-corrected chi connectivity index (χ3v) is 4.81. The summed E-state index contributed by atoms with van der Waals surface area (Å²) in [6.45, 7) is 0. The number of aryl methyl sites for hydroxylation is 2. The van der Waals surface area contributed by atoms with Gasteiger partial charge in [0.1, 0.15) is 0 Å². The van der Waals surface area contributed by atoms with E-state index in [1.807, 2.05) is 6.07 Å². The number of aromatic amines is 1. The second-order valence-electron chi connectivity index (χ2n) is 5.35. The highest BCUT2D eigenvalue weighted by Gasteiger charge is 2.07. The van der Waals surface area contributed by atoms with Crippen molar-refractivity contribution < 1.29 is 0 Å². The van der Waals surface area contributed by atoms with Crippen LogP contribution in [0, 0.1) is 0 Å². The van der Waals surface area contributed by atoms with Gasteiger partial charge in [-0.15, -0.1) is 23.7 Å². The maximum atomic E-state index is 4.77. The lowest BCUT2D eigenvalue weighted by molar-refractivity contribution is 0.952. The topological polar surface area (TPSA) is 63.7 Å². The zero-order valence-electron chi connectivity index (χ0n) is 13.2. The summed E-state index contributed by atoms with van der Waals surface area (Å²) in [7, 11) is 0. The Morgan fingerprint density at radius 1 is 0.917 bits per heavy atom. The molecule has 4 rings (SSSR count). The minimum atomic E-state index is 0. The van der Waals surface area contributed by atoms with Crippen LogP contribution in [0.1, 0.15) is 10.6 Å². The lowest BCUT2D eigenvalue weighted by atomic mass is 10.1. The molecule has 0 amide bonds. The highest BCUT2D eigenvalue weighted by atomic mass is 35.5. The van der Waals surface area contributed by atoms with E-state index in [1.54, 1.807) is 11.3 Å². The minimum Gasteiger partial charge on any atom is -0.361 e. The molecule has 0 saturated carbocycles. The van der Waals surface area contributed by atoms with Crippen LogP contribution in [0.4, 0.5) is 0 Å². The van der Waals surface area contributed by atoms with Crippen LogP contribution in [0.3, 0.4) is 0 Å². The number of para-hydroxylation sites is 1. The van der Waals surface area contributed by atoms with Gasteiger partial charge in [-0.25, -0.2) is 4.98 Å². The van der Waals surface area contributed by atoms with Gasteiger partial charge in [0.2, 0.25) is 0 Å². The SMILES string of the molecule is Cl.N.c1ccc(-c2csc(CCc3c[nH]c4ccccc34)n2)cc1. The van der Waals surface area contributed by atoms with Crippen molar-refractivity contribution >= 4 is 34.6 Å². The zero-order valence-corrected chi connectivity index (χ0v) is 14.9.